The number of hydrogen-bond acceptors (Lipinski definition) is 5. The third kappa shape index (κ3) is 4.40. The SMILES string of the molecule is O=c1c2ccccc2c(Cc2nc3cc(OC(F)(F)F)c(Cl)cc3[nH]2)nn1C1CCNCC1. The summed E-state index contributed by atoms with van der Waals surface area (Å²) in [5.41, 5.74) is 1.28. The van der Waals surface area contributed by atoms with Crippen LogP contribution in [0.1, 0.15) is 30.4 Å². The summed E-state index contributed by atoms with van der Waals surface area (Å²) in [4.78, 5) is 20.6. The molecule has 5 rings (SSSR count). The lowest BCUT2D eigenvalue weighted by atomic mass is 10.1. The monoisotopic (exact) mass is 477 g/mol. The van der Waals surface area contributed by atoms with E-state index in [1.54, 1.807) is 10.7 Å². The number of imidazole rings is 1. The minimum atomic E-state index is -4.86. The van der Waals surface area contributed by atoms with Crippen LogP contribution >= 0.6 is 11.6 Å². The van der Waals surface area contributed by atoms with Gasteiger partial charge in [-0.25, -0.2) is 9.67 Å². The number of hydrogen-bond donors (Lipinski definition) is 2. The van der Waals surface area contributed by atoms with E-state index in [0.29, 0.717) is 27.8 Å². The van der Waals surface area contributed by atoms with Crippen LogP contribution < -0.4 is 15.6 Å². The van der Waals surface area contributed by atoms with E-state index in [1.165, 1.54) is 6.07 Å². The maximum atomic E-state index is 13.1. The normalized spacial score (nSPS) is 15.4. The highest BCUT2D eigenvalue weighted by Gasteiger charge is 2.32. The summed E-state index contributed by atoms with van der Waals surface area (Å²) in [6.07, 6.45) is -3.00. The number of halogens is 4. The molecule has 0 saturated carbocycles. The van der Waals surface area contributed by atoms with Gasteiger partial charge in [0.15, 0.2) is 0 Å². The predicted molar refractivity (Wildman–Crippen MR) is 118 cm³/mol. The van der Waals surface area contributed by atoms with E-state index < -0.39 is 12.1 Å². The molecule has 2 aromatic heterocycles. The number of aromatic nitrogens is 4. The number of benzene rings is 2. The fraction of sp³-hybridized carbons (Fsp3) is 0.318. The van der Waals surface area contributed by atoms with Gasteiger partial charge in [-0.1, -0.05) is 29.8 Å². The van der Waals surface area contributed by atoms with Crippen molar-refractivity contribution in [1.82, 2.24) is 25.1 Å². The minimum Gasteiger partial charge on any atom is -0.404 e. The molecule has 0 atom stereocenters. The zero-order valence-corrected chi connectivity index (χ0v) is 18.0. The molecule has 172 valence electrons. The van der Waals surface area contributed by atoms with E-state index in [1.807, 2.05) is 18.2 Å². The van der Waals surface area contributed by atoms with Gasteiger partial charge in [0, 0.05) is 11.5 Å². The van der Waals surface area contributed by atoms with Crippen LogP contribution in [0.15, 0.2) is 41.2 Å². The first kappa shape index (κ1) is 21.7. The summed E-state index contributed by atoms with van der Waals surface area (Å²) in [5.74, 6) is -0.0314. The number of fused-ring (bicyclic) bond motifs is 2. The molecule has 0 radical (unpaired) electrons. The molecule has 7 nitrogen and oxygen atoms in total. The zero-order valence-electron chi connectivity index (χ0n) is 17.2. The highest BCUT2D eigenvalue weighted by atomic mass is 35.5. The predicted octanol–water partition coefficient (Wildman–Crippen LogP) is 4.34. The van der Waals surface area contributed by atoms with E-state index in [2.05, 4.69) is 20.0 Å². The first-order chi connectivity index (χ1) is 15.8. The average Bonchev–Trinajstić information content (AvgIpc) is 3.16. The third-order valence-corrected chi connectivity index (χ3v) is 6.00. The molecule has 33 heavy (non-hydrogen) atoms. The van der Waals surface area contributed by atoms with Crippen LogP contribution in [0.3, 0.4) is 0 Å². The van der Waals surface area contributed by atoms with Crippen molar-refractivity contribution in [3.05, 3.63) is 63.3 Å². The summed E-state index contributed by atoms with van der Waals surface area (Å²) in [7, 11) is 0. The largest absolute Gasteiger partial charge is 0.573 e. The molecule has 0 aliphatic carbocycles. The first-order valence-electron chi connectivity index (χ1n) is 10.4. The van der Waals surface area contributed by atoms with Gasteiger partial charge in [0.05, 0.1) is 39.6 Å². The Morgan fingerprint density at radius 2 is 1.88 bits per heavy atom. The molecule has 1 aliphatic heterocycles. The van der Waals surface area contributed by atoms with Crippen LogP contribution in [0.2, 0.25) is 5.02 Å². The van der Waals surface area contributed by atoms with Crippen molar-refractivity contribution in [2.24, 2.45) is 0 Å². The van der Waals surface area contributed by atoms with Gasteiger partial charge in [-0.15, -0.1) is 13.2 Å². The van der Waals surface area contributed by atoms with Gasteiger partial charge in [-0.3, -0.25) is 4.79 Å². The summed E-state index contributed by atoms with van der Waals surface area (Å²) >= 11 is 5.95. The fourth-order valence-corrected chi connectivity index (χ4v) is 4.41. The van der Waals surface area contributed by atoms with Crippen molar-refractivity contribution in [3.63, 3.8) is 0 Å². The highest BCUT2D eigenvalue weighted by Crippen LogP contribution is 2.33. The van der Waals surface area contributed by atoms with Crippen molar-refractivity contribution in [3.8, 4) is 5.75 Å². The summed E-state index contributed by atoms with van der Waals surface area (Å²) in [5, 5.41) is 9.08. The molecule has 0 bridgehead atoms. The van der Waals surface area contributed by atoms with Crippen molar-refractivity contribution in [1.29, 1.82) is 0 Å². The summed E-state index contributed by atoms with van der Waals surface area (Å²) in [6.45, 7) is 1.63. The molecule has 1 fully saturated rings. The van der Waals surface area contributed by atoms with Crippen molar-refractivity contribution in [2.75, 3.05) is 13.1 Å². The Morgan fingerprint density at radius 3 is 2.61 bits per heavy atom. The quantitative estimate of drug-likeness (QED) is 0.457. The molecular formula is C22H19ClF3N5O2. The number of ether oxygens (including phenoxy) is 1. The van der Waals surface area contributed by atoms with Crippen molar-refractivity contribution < 1.29 is 17.9 Å². The Hall–Kier alpha value is -3.11. The number of aromatic amines is 1. The van der Waals surface area contributed by atoms with Crippen LogP contribution in [-0.4, -0.2) is 39.2 Å². The lowest BCUT2D eigenvalue weighted by Crippen LogP contribution is -2.36. The lowest BCUT2D eigenvalue weighted by molar-refractivity contribution is -0.274. The Bertz CT molecular complexity index is 1390. The molecule has 2 aromatic carbocycles. The number of piperidine rings is 1. The topological polar surface area (TPSA) is 84.8 Å². The molecule has 3 heterocycles. The fourth-order valence-electron chi connectivity index (χ4n) is 4.21. The second kappa shape index (κ2) is 8.35. The molecule has 0 amide bonds. The van der Waals surface area contributed by atoms with E-state index in [9.17, 15) is 18.0 Å². The van der Waals surface area contributed by atoms with E-state index in [4.69, 9.17) is 16.7 Å². The van der Waals surface area contributed by atoms with E-state index >= 15 is 0 Å². The van der Waals surface area contributed by atoms with Crippen LogP contribution in [0, 0.1) is 0 Å². The maximum absolute atomic E-state index is 13.1. The van der Waals surface area contributed by atoms with Crippen LogP contribution in [0.4, 0.5) is 13.2 Å². The number of rotatable bonds is 4. The van der Waals surface area contributed by atoms with Gasteiger partial charge < -0.3 is 15.0 Å². The number of alkyl halides is 3. The maximum Gasteiger partial charge on any atom is 0.573 e. The first-order valence-corrected chi connectivity index (χ1v) is 10.8. The molecule has 0 unspecified atom stereocenters. The minimum absolute atomic E-state index is 0.00124. The van der Waals surface area contributed by atoms with Crippen LogP contribution in [-0.2, 0) is 6.42 Å². The van der Waals surface area contributed by atoms with E-state index in [-0.39, 0.29) is 28.6 Å². The lowest BCUT2D eigenvalue weighted by Gasteiger charge is -2.24. The third-order valence-electron chi connectivity index (χ3n) is 5.70. The van der Waals surface area contributed by atoms with Gasteiger partial charge in [-0.2, -0.15) is 5.10 Å². The molecule has 2 N–H and O–H groups in total. The Balaban J connectivity index is 1.56. The van der Waals surface area contributed by atoms with Crippen molar-refractivity contribution >= 4 is 33.4 Å². The molecule has 0 spiro atoms. The number of nitrogens with one attached hydrogen (secondary N) is 2. The molecular weight excluding hydrogens is 459 g/mol. The van der Waals surface area contributed by atoms with Gasteiger partial charge in [0.2, 0.25) is 0 Å². The summed E-state index contributed by atoms with van der Waals surface area (Å²) < 4.78 is 43.5. The number of H-pyrrole nitrogens is 1. The van der Waals surface area contributed by atoms with Crippen molar-refractivity contribution in [2.45, 2.75) is 31.7 Å². The standard InChI is InChI=1S/C22H19ClF3N5O2/c23-15-9-17-18(10-19(15)33-22(24,25)26)29-20(28-17)11-16-13-3-1-2-4-14(13)21(32)31(30-16)12-5-7-27-8-6-12/h1-4,9-10,12,27H,5-8,11H2,(H,28,29). The van der Waals surface area contributed by atoms with Gasteiger partial charge in [0.25, 0.3) is 5.56 Å². The van der Waals surface area contributed by atoms with Gasteiger partial charge in [0.1, 0.15) is 11.6 Å². The second-order valence-electron chi connectivity index (χ2n) is 7.93. The Morgan fingerprint density at radius 1 is 1.15 bits per heavy atom. The zero-order chi connectivity index (χ0) is 23.2. The smallest absolute Gasteiger partial charge is 0.404 e. The molecule has 1 aliphatic rings. The Labute approximate surface area is 190 Å². The average molecular weight is 478 g/mol. The van der Waals surface area contributed by atoms with E-state index in [0.717, 1.165) is 32.0 Å². The summed E-state index contributed by atoms with van der Waals surface area (Å²) in [6, 6.07) is 9.74. The van der Waals surface area contributed by atoms with Gasteiger partial charge in [-0.05, 0) is 38.1 Å². The molecule has 4 aromatic rings. The van der Waals surface area contributed by atoms with Crippen LogP contribution in [0.25, 0.3) is 21.8 Å². The highest BCUT2D eigenvalue weighted by molar-refractivity contribution is 6.32. The molecule has 1 saturated heterocycles. The van der Waals surface area contributed by atoms with Crippen LogP contribution in [0.5, 0.6) is 5.75 Å². The van der Waals surface area contributed by atoms with Gasteiger partial charge >= 0.3 is 6.36 Å². The Kier molecular flexibility index (Phi) is 5.49. The molecule has 11 heteroatoms. The second-order valence-corrected chi connectivity index (χ2v) is 8.34. The number of nitrogens with zero attached hydrogens (tertiary/aromatic N) is 3.